The van der Waals surface area contributed by atoms with Crippen LogP contribution in [0.4, 0.5) is 4.39 Å². The Morgan fingerprint density at radius 1 is 0.923 bits per heavy atom. The molecule has 1 heterocycles. The predicted molar refractivity (Wildman–Crippen MR) is 107 cm³/mol. The molecule has 0 bridgehead atoms. The third-order valence-corrected chi connectivity index (χ3v) is 5.84. The molecule has 26 heavy (non-hydrogen) atoms. The minimum Gasteiger partial charge on any atom is -0.299 e. The second kappa shape index (κ2) is 8.18. The minimum absolute atomic E-state index is 0.141. The first kappa shape index (κ1) is 17.5. The summed E-state index contributed by atoms with van der Waals surface area (Å²) in [7, 11) is 0. The molecule has 0 radical (unpaired) electrons. The van der Waals surface area contributed by atoms with Gasteiger partial charge in [-0.25, -0.2) is 4.39 Å². The van der Waals surface area contributed by atoms with Gasteiger partial charge in [-0.2, -0.15) is 0 Å². The average molecular weight is 349 g/mol. The first-order chi connectivity index (χ1) is 12.8. The summed E-state index contributed by atoms with van der Waals surface area (Å²) < 4.78 is 13.4. The zero-order valence-corrected chi connectivity index (χ0v) is 15.5. The smallest absolute Gasteiger partial charge is 0.123 e. The molecule has 0 atom stereocenters. The summed E-state index contributed by atoms with van der Waals surface area (Å²) in [5.74, 6) is -0.141. The lowest BCUT2D eigenvalue weighted by Gasteiger charge is -2.26. The molecular weight excluding hydrogens is 321 g/mol. The number of nitrogens with zero attached hydrogens (tertiary/aromatic N) is 1. The molecule has 0 unspecified atom stereocenters. The third-order valence-electron chi connectivity index (χ3n) is 5.84. The molecule has 2 heteroatoms. The second-order valence-electron chi connectivity index (χ2n) is 7.70. The van der Waals surface area contributed by atoms with Crippen LogP contribution in [-0.2, 0) is 19.3 Å². The molecule has 136 valence electrons. The molecule has 2 aromatic rings. The van der Waals surface area contributed by atoms with Gasteiger partial charge in [0.15, 0.2) is 0 Å². The number of halogens is 1. The summed E-state index contributed by atoms with van der Waals surface area (Å²) in [5, 5.41) is 0. The van der Waals surface area contributed by atoms with Crippen LogP contribution in [0.3, 0.4) is 0 Å². The Bertz CT molecular complexity index is 793. The van der Waals surface area contributed by atoms with Crippen LogP contribution in [0, 0.1) is 5.82 Å². The van der Waals surface area contributed by atoms with Gasteiger partial charge in [0, 0.05) is 13.1 Å². The summed E-state index contributed by atoms with van der Waals surface area (Å²) >= 11 is 0. The van der Waals surface area contributed by atoms with Crippen LogP contribution in [0.1, 0.15) is 47.9 Å². The molecule has 1 nitrogen and oxygen atoms in total. The van der Waals surface area contributed by atoms with Gasteiger partial charge in [0.2, 0.25) is 0 Å². The van der Waals surface area contributed by atoms with Crippen LogP contribution in [0.2, 0.25) is 0 Å². The molecule has 2 aromatic carbocycles. The molecular formula is C24H28FN. The van der Waals surface area contributed by atoms with E-state index in [-0.39, 0.29) is 5.82 Å². The molecule has 4 rings (SSSR count). The number of unbranched alkanes of at least 4 members (excludes halogenated alkanes) is 1. The van der Waals surface area contributed by atoms with E-state index < -0.39 is 0 Å². The first-order valence-electron chi connectivity index (χ1n) is 10.1. The maximum absolute atomic E-state index is 13.4. The predicted octanol–water partition coefficient (Wildman–Crippen LogP) is 5.43. The van der Waals surface area contributed by atoms with Gasteiger partial charge in [0.1, 0.15) is 5.82 Å². The number of fused-ring (bicyclic) bond motifs is 1. The van der Waals surface area contributed by atoms with Crippen molar-refractivity contribution in [3.8, 4) is 0 Å². The zero-order chi connectivity index (χ0) is 17.8. The Morgan fingerprint density at radius 3 is 2.69 bits per heavy atom. The van der Waals surface area contributed by atoms with E-state index in [0.29, 0.717) is 0 Å². The van der Waals surface area contributed by atoms with E-state index in [1.54, 1.807) is 23.3 Å². The van der Waals surface area contributed by atoms with E-state index in [1.165, 1.54) is 55.7 Å². The highest BCUT2D eigenvalue weighted by molar-refractivity contribution is 5.66. The number of benzene rings is 2. The van der Waals surface area contributed by atoms with Crippen molar-refractivity contribution >= 4 is 5.57 Å². The molecule has 0 N–H and O–H groups in total. The Morgan fingerprint density at radius 2 is 1.85 bits per heavy atom. The minimum atomic E-state index is -0.141. The summed E-state index contributed by atoms with van der Waals surface area (Å²) in [6, 6.07) is 14.1. The lowest BCUT2D eigenvalue weighted by molar-refractivity contribution is 0.295. The highest BCUT2D eigenvalue weighted by Crippen LogP contribution is 2.24. The largest absolute Gasteiger partial charge is 0.299 e. The Balaban J connectivity index is 1.21. The Labute approximate surface area is 156 Å². The van der Waals surface area contributed by atoms with Gasteiger partial charge in [-0.3, -0.25) is 4.90 Å². The number of hydrogen-bond donors (Lipinski definition) is 0. The molecule has 1 aliphatic carbocycles. The van der Waals surface area contributed by atoms with Gasteiger partial charge in [0.25, 0.3) is 0 Å². The molecule has 0 spiro atoms. The maximum atomic E-state index is 13.4. The fraction of sp³-hybridized carbons (Fsp3) is 0.417. The van der Waals surface area contributed by atoms with Crippen LogP contribution in [0.5, 0.6) is 0 Å². The van der Waals surface area contributed by atoms with Crippen molar-refractivity contribution in [2.24, 2.45) is 0 Å². The molecule has 1 aliphatic heterocycles. The van der Waals surface area contributed by atoms with Crippen molar-refractivity contribution in [3.63, 3.8) is 0 Å². The van der Waals surface area contributed by atoms with Crippen LogP contribution < -0.4 is 0 Å². The first-order valence-corrected chi connectivity index (χ1v) is 10.1. The SMILES string of the molecule is Fc1cccc(C2=CCN(CCCCc3ccc4c(c3)CCC4)CC2)c1. The lowest BCUT2D eigenvalue weighted by Crippen LogP contribution is -2.29. The van der Waals surface area contributed by atoms with Gasteiger partial charge in [0.05, 0.1) is 0 Å². The van der Waals surface area contributed by atoms with E-state index in [9.17, 15) is 4.39 Å². The Kier molecular flexibility index (Phi) is 5.50. The van der Waals surface area contributed by atoms with Gasteiger partial charge < -0.3 is 0 Å². The summed E-state index contributed by atoms with van der Waals surface area (Å²) in [6.45, 7) is 3.24. The molecule has 0 aromatic heterocycles. The fourth-order valence-corrected chi connectivity index (χ4v) is 4.31. The van der Waals surface area contributed by atoms with Gasteiger partial charge >= 0.3 is 0 Å². The van der Waals surface area contributed by atoms with Crippen molar-refractivity contribution in [2.45, 2.75) is 44.9 Å². The standard InChI is InChI=1S/C24H28FN/c25-24-9-4-8-23(18-24)21-12-15-26(16-13-21)14-2-1-5-19-10-11-20-6-3-7-22(20)17-19/h4,8-12,17-18H,1-3,5-7,13-16H2. The van der Waals surface area contributed by atoms with Crippen molar-refractivity contribution in [2.75, 3.05) is 19.6 Å². The van der Waals surface area contributed by atoms with Crippen molar-refractivity contribution in [1.29, 1.82) is 0 Å². The van der Waals surface area contributed by atoms with Crippen LogP contribution in [-0.4, -0.2) is 24.5 Å². The number of hydrogen-bond acceptors (Lipinski definition) is 1. The lowest BCUT2D eigenvalue weighted by atomic mass is 9.99. The van der Waals surface area contributed by atoms with E-state index >= 15 is 0 Å². The highest BCUT2D eigenvalue weighted by atomic mass is 19.1. The molecule has 2 aliphatic rings. The zero-order valence-electron chi connectivity index (χ0n) is 15.5. The second-order valence-corrected chi connectivity index (χ2v) is 7.70. The monoisotopic (exact) mass is 349 g/mol. The molecule has 0 saturated heterocycles. The van der Waals surface area contributed by atoms with Gasteiger partial charge in [-0.15, -0.1) is 0 Å². The van der Waals surface area contributed by atoms with Crippen molar-refractivity contribution in [1.82, 2.24) is 4.90 Å². The number of aryl methyl sites for hydroxylation is 3. The van der Waals surface area contributed by atoms with Crippen molar-refractivity contribution < 1.29 is 4.39 Å². The van der Waals surface area contributed by atoms with Gasteiger partial charge in [-0.05, 0) is 91.5 Å². The number of rotatable bonds is 6. The molecule has 0 amide bonds. The summed E-state index contributed by atoms with van der Waals surface area (Å²) in [6.07, 6.45) is 10.9. The Hall–Kier alpha value is -1.93. The van der Waals surface area contributed by atoms with Crippen molar-refractivity contribution in [3.05, 3.63) is 76.6 Å². The average Bonchev–Trinajstić information content (AvgIpc) is 3.14. The quantitative estimate of drug-likeness (QED) is 0.629. The maximum Gasteiger partial charge on any atom is 0.123 e. The van der Waals surface area contributed by atoms with Crippen LogP contribution in [0.25, 0.3) is 5.57 Å². The molecule has 0 fully saturated rings. The van der Waals surface area contributed by atoms with Crippen LogP contribution in [0.15, 0.2) is 48.5 Å². The normalized spacial score (nSPS) is 17.2. The molecule has 0 saturated carbocycles. The van der Waals surface area contributed by atoms with E-state index in [2.05, 4.69) is 29.2 Å². The summed E-state index contributed by atoms with van der Waals surface area (Å²) in [4.78, 5) is 2.52. The third kappa shape index (κ3) is 4.24. The van der Waals surface area contributed by atoms with E-state index in [4.69, 9.17) is 0 Å². The van der Waals surface area contributed by atoms with Gasteiger partial charge in [-0.1, -0.05) is 36.4 Å². The fourth-order valence-electron chi connectivity index (χ4n) is 4.31. The highest BCUT2D eigenvalue weighted by Gasteiger charge is 2.13. The van der Waals surface area contributed by atoms with E-state index in [0.717, 1.165) is 31.6 Å². The summed E-state index contributed by atoms with van der Waals surface area (Å²) in [5.41, 5.74) is 7.01. The van der Waals surface area contributed by atoms with E-state index in [1.807, 2.05) is 6.07 Å². The van der Waals surface area contributed by atoms with Crippen LogP contribution >= 0.6 is 0 Å². The topological polar surface area (TPSA) is 3.24 Å².